The lowest BCUT2D eigenvalue weighted by Gasteiger charge is -2.13. The van der Waals surface area contributed by atoms with Crippen LogP contribution >= 0.6 is 0 Å². The maximum atomic E-state index is 12.0. The lowest BCUT2D eigenvalue weighted by molar-refractivity contribution is -0.154. The molecular weight excluding hydrogens is 237 g/mol. The van der Waals surface area contributed by atoms with Crippen LogP contribution in [0.15, 0.2) is 6.33 Å². The standard InChI is InChI=1S/C9H13F3N4O/c1-2-3-6-7(16-13)14-5-15-8(6)17-4-9(10,11)12/h5H,2-4,13H2,1H3,(H,14,15,16). The van der Waals surface area contributed by atoms with Gasteiger partial charge in [-0.05, 0) is 6.42 Å². The highest BCUT2D eigenvalue weighted by Crippen LogP contribution is 2.25. The molecule has 1 aromatic heterocycles. The van der Waals surface area contributed by atoms with Crippen LogP contribution in [0.25, 0.3) is 0 Å². The fourth-order valence-corrected chi connectivity index (χ4v) is 1.27. The molecule has 0 aliphatic heterocycles. The van der Waals surface area contributed by atoms with Crippen LogP contribution in [0, 0.1) is 0 Å². The number of ether oxygens (including phenoxy) is 1. The molecule has 0 atom stereocenters. The smallest absolute Gasteiger partial charge is 0.422 e. The Labute approximate surface area is 96.2 Å². The molecule has 8 heteroatoms. The third-order valence-electron chi connectivity index (χ3n) is 1.92. The number of nitrogen functional groups attached to an aromatic ring is 1. The van der Waals surface area contributed by atoms with Crippen LogP contribution in [-0.2, 0) is 6.42 Å². The number of anilines is 1. The highest BCUT2D eigenvalue weighted by Gasteiger charge is 2.29. The predicted octanol–water partition coefficient (Wildman–Crippen LogP) is 1.66. The molecule has 0 aliphatic carbocycles. The summed E-state index contributed by atoms with van der Waals surface area (Å²) >= 11 is 0. The Kier molecular flexibility index (Phi) is 4.50. The van der Waals surface area contributed by atoms with Crippen molar-refractivity contribution in [1.29, 1.82) is 0 Å². The van der Waals surface area contributed by atoms with Gasteiger partial charge in [-0.15, -0.1) is 0 Å². The monoisotopic (exact) mass is 250 g/mol. The predicted molar refractivity (Wildman–Crippen MR) is 55.4 cm³/mol. The van der Waals surface area contributed by atoms with E-state index in [1.54, 1.807) is 0 Å². The maximum absolute atomic E-state index is 12.0. The largest absolute Gasteiger partial charge is 0.468 e. The van der Waals surface area contributed by atoms with Crippen molar-refractivity contribution in [1.82, 2.24) is 9.97 Å². The van der Waals surface area contributed by atoms with Crippen LogP contribution in [0.3, 0.4) is 0 Å². The van der Waals surface area contributed by atoms with Gasteiger partial charge in [0.05, 0.1) is 5.56 Å². The molecule has 0 fully saturated rings. The molecule has 0 unspecified atom stereocenters. The van der Waals surface area contributed by atoms with Crippen LogP contribution < -0.4 is 16.0 Å². The van der Waals surface area contributed by atoms with Crippen molar-refractivity contribution in [2.75, 3.05) is 12.0 Å². The van der Waals surface area contributed by atoms with E-state index in [1.807, 2.05) is 6.92 Å². The maximum Gasteiger partial charge on any atom is 0.422 e. The summed E-state index contributed by atoms with van der Waals surface area (Å²) in [5.74, 6) is 5.40. The number of nitrogens with zero attached hydrogens (tertiary/aromatic N) is 2. The molecule has 1 heterocycles. The second-order valence-electron chi connectivity index (χ2n) is 3.30. The Hall–Kier alpha value is -1.57. The van der Waals surface area contributed by atoms with E-state index in [2.05, 4.69) is 20.1 Å². The Morgan fingerprint density at radius 3 is 2.65 bits per heavy atom. The number of halogens is 3. The quantitative estimate of drug-likeness (QED) is 0.614. The van der Waals surface area contributed by atoms with Gasteiger partial charge in [-0.25, -0.2) is 15.8 Å². The molecule has 17 heavy (non-hydrogen) atoms. The number of nitrogens with one attached hydrogen (secondary N) is 1. The summed E-state index contributed by atoms with van der Waals surface area (Å²) in [5, 5.41) is 0. The van der Waals surface area contributed by atoms with E-state index in [-0.39, 0.29) is 11.7 Å². The molecule has 0 bridgehead atoms. The van der Waals surface area contributed by atoms with Gasteiger partial charge in [-0.2, -0.15) is 13.2 Å². The van der Waals surface area contributed by atoms with Crippen LogP contribution in [0.4, 0.5) is 19.0 Å². The zero-order valence-corrected chi connectivity index (χ0v) is 9.21. The first-order valence-corrected chi connectivity index (χ1v) is 4.98. The second-order valence-corrected chi connectivity index (χ2v) is 3.30. The van der Waals surface area contributed by atoms with Crippen molar-refractivity contribution in [3.63, 3.8) is 0 Å². The Morgan fingerprint density at radius 2 is 2.12 bits per heavy atom. The summed E-state index contributed by atoms with van der Waals surface area (Å²) in [6.45, 7) is 0.492. The molecule has 0 aliphatic rings. The van der Waals surface area contributed by atoms with Crippen molar-refractivity contribution in [2.24, 2.45) is 5.84 Å². The summed E-state index contributed by atoms with van der Waals surface area (Å²) in [4.78, 5) is 7.49. The molecule has 0 saturated heterocycles. The van der Waals surface area contributed by atoms with Gasteiger partial charge in [0.25, 0.3) is 0 Å². The van der Waals surface area contributed by atoms with E-state index < -0.39 is 12.8 Å². The summed E-state index contributed by atoms with van der Waals surface area (Å²) < 4.78 is 40.7. The van der Waals surface area contributed by atoms with Crippen molar-refractivity contribution < 1.29 is 17.9 Å². The molecule has 0 radical (unpaired) electrons. The molecule has 0 spiro atoms. The number of hydrogen-bond acceptors (Lipinski definition) is 5. The molecule has 0 amide bonds. The molecule has 1 aromatic rings. The Morgan fingerprint density at radius 1 is 1.41 bits per heavy atom. The minimum absolute atomic E-state index is 0.0906. The van der Waals surface area contributed by atoms with E-state index in [0.717, 1.165) is 6.33 Å². The zero-order chi connectivity index (χ0) is 12.9. The van der Waals surface area contributed by atoms with Crippen LogP contribution in [0.2, 0.25) is 0 Å². The Balaban J connectivity index is 2.89. The third kappa shape index (κ3) is 4.06. The minimum atomic E-state index is -4.40. The van der Waals surface area contributed by atoms with Crippen molar-refractivity contribution in [3.8, 4) is 5.88 Å². The molecule has 1 rings (SSSR count). The molecule has 5 nitrogen and oxygen atoms in total. The second kappa shape index (κ2) is 5.67. The SMILES string of the molecule is CCCc1c(NN)ncnc1OCC(F)(F)F. The molecule has 0 aromatic carbocycles. The van der Waals surface area contributed by atoms with Crippen molar-refractivity contribution in [3.05, 3.63) is 11.9 Å². The van der Waals surface area contributed by atoms with E-state index in [4.69, 9.17) is 5.84 Å². The fraction of sp³-hybridized carbons (Fsp3) is 0.556. The fourth-order valence-electron chi connectivity index (χ4n) is 1.27. The van der Waals surface area contributed by atoms with Gasteiger partial charge < -0.3 is 10.2 Å². The number of hydrogen-bond donors (Lipinski definition) is 2. The van der Waals surface area contributed by atoms with Gasteiger partial charge in [0, 0.05) is 0 Å². The van der Waals surface area contributed by atoms with Gasteiger partial charge >= 0.3 is 6.18 Å². The highest BCUT2D eigenvalue weighted by atomic mass is 19.4. The molecule has 96 valence electrons. The number of alkyl halides is 3. The first kappa shape index (κ1) is 13.5. The normalized spacial score (nSPS) is 11.4. The molecular formula is C9H13F3N4O. The summed E-state index contributed by atoms with van der Waals surface area (Å²) in [6, 6.07) is 0. The van der Waals surface area contributed by atoms with Crippen LogP contribution in [0.1, 0.15) is 18.9 Å². The highest BCUT2D eigenvalue weighted by molar-refractivity contribution is 5.47. The van der Waals surface area contributed by atoms with Gasteiger partial charge in [-0.3, -0.25) is 0 Å². The van der Waals surface area contributed by atoms with Gasteiger partial charge in [0.1, 0.15) is 12.1 Å². The van der Waals surface area contributed by atoms with E-state index in [0.29, 0.717) is 18.4 Å². The van der Waals surface area contributed by atoms with E-state index in [1.165, 1.54) is 0 Å². The lowest BCUT2D eigenvalue weighted by Crippen LogP contribution is -2.21. The topological polar surface area (TPSA) is 73.1 Å². The average molecular weight is 250 g/mol. The average Bonchev–Trinajstić information content (AvgIpc) is 2.27. The van der Waals surface area contributed by atoms with E-state index >= 15 is 0 Å². The van der Waals surface area contributed by atoms with Crippen molar-refractivity contribution >= 4 is 5.82 Å². The summed E-state index contributed by atoms with van der Waals surface area (Å²) in [7, 11) is 0. The van der Waals surface area contributed by atoms with Crippen molar-refractivity contribution in [2.45, 2.75) is 25.9 Å². The van der Waals surface area contributed by atoms with Crippen LogP contribution in [0.5, 0.6) is 5.88 Å². The first-order chi connectivity index (χ1) is 7.98. The minimum Gasteiger partial charge on any atom is -0.468 e. The van der Waals surface area contributed by atoms with Gasteiger partial charge in [0.15, 0.2) is 6.61 Å². The molecule has 3 N–H and O–H groups in total. The summed E-state index contributed by atoms with van der Waals surface area (Å²) in [6.07, 6.45) is -2.11. The number of aromatic nitrogens is 2. The Bertz CT molecular complexity index is 370. The number of hydrazine groups is 1. The zero-order valence-electron chi connectivity index (χ0n) is 9.21. The summed E-state index contributed by atoms with van der Waals surface area (Å²) in [5.41, 5.74) is 2.75. The molecule has 0 saturated carbocycles. The van der Waals surface area contributed by atoms with E-state index in [9.17, 15) is 13.2 Å². The van der Waals surface area contributed by atoms with Gasteiger partial charge in [0.2, 0.25) is 5.88 Å². The first-order valence-electron chi connectivity index (χ1n) is 4.98. The van der Waals surface area contributed by atoms with Gasteiger partial charge in [-0.1, -0.05) is 13.3 Å². The number of rotatable bonds is 5. The number of nitrogens with two attached hydrogens (primary N) is 1. The lowest BCUT2D eigenvalue weighted by atomic mass is 10.2. The van der Waals surface area contributed by atoms with Crippen LogP contribution in [-0.4, -0.2) is 22.8 Å². The third-order valence-corrected chi connectivity index (χ3v) is 1.92.